The van der Waals surface area contributed by atoms with Crippen LogP contribution in [0.1, 0.15) is 23.2 Å². The van der Waals surface area contributed by atoms with Crippen LogP contribution >= 0.6 is 0 Å². The Balaban J connectivity index is 1.91. The number of aromatic carboxylic acids is 1. The second-order valence-electron chi connectivity index (χ2n) is 4.93. The first-order chi connectivity index (χ1) is 9.85. The van der Waals surface area contributed by atoms with Gasteiger partial charge in [0.2, 0.25) is 0 Å². The molecule has 0 aliphatic carbocycles. The molecule has 7 nitrogen and oxygen atoms in total. The van der Waals surface area contributed by atoms with Crippen LogP contribution in [0.15, 0.2) is 24.3 Å². The van der Waals surface area contributed by atoms with Crippen molar-refractivity contribution in [2.24, 2.45) is 0 Å². The van der Waals surface area contributed by atoms with Crippen molar-refractivity contribution in [3.63, 3.8) is 0 Å². The molecular formula is C13H16N2O5S. The summed E-state index contributed by atoms with van der Waals surface area (Å²) in [6, 6.07) is 4.81. The van der Waals surface area contributed by atoms with Gasteiger partial charge in [-0.15, -0.1) is 0 Å². The zero-order valence-corrected chi connectivity index (χ0v) is 12.0. The quantitative estimate of drug-likeness (QED) is 0.773. The van der Waals surface area contributed by atoms with Crippen molar-refractivity contribution >= 4 is 27.5 Å². The fourth-order valence-corrected chi connectivity index (χ4v) is 3.82. The molecule has 8 heteroatoms. The summed E-state index contributed by atoms with van der Waals surface area (Å²) in [4.78, 5) is 22.5. The fourth-order valence-electron chi connectivity index (χ4n) is 2.19. The molecule has 3 N–H and O–H groups in total. The Morgan fingerprint density at radius 3 is 2.43 bits per heavy atom. The highest BCUT2D eigenvalue weighted by atomic mass is 32.2. The van der Waals surface area contributed by atoms with Crippen LogP contribution in [-0.4, -0.2) is 43.1 Å². The maximum Gasteiger partial charge on any atom is 0.335 e. The van der Waals surface area contributed by atoms with E-state index >= 15 is 0 Å². The third-order valence-electron chi connectivity index (χ3n) is 3.19. The van der Waals surface area contributed by atoms with Crippen LogP contribution in [0.5, 0.6) is 0 Å². The summed E-state index contributed by atoms with van der Waals surface area (Å²) in [6.45, 7) is 0. The Morgan fingerprint density at radius 2 is 1.86 bits per heavy atom. The predicted molar refractivity (Wildman–Crippen MR) is 77.2 cm³/mol. The number of nitrogens with one attached hydrogen (secondary N) is 2. The van der Waals surface area contributed by atoms with Gasteiger partial charge in [-0.05, 0) is 37.1 Å². The van der Waals surface area contributed by atoms with Crippen molar-refractivity contribution in [1.82, 2.24) is 5.32 Å². The second-order valence-corrected chi connectivity index (χ2v) is 7.16. The Kier molecular flexibility index (Phi) is 4.46. The monoisotopic (exact) mass is 312 g/mol. The summed E-state index contributed by atoms with van der Waals surface area (Å²) in [5.74, 6) is -0.916. The number of anilines is 1. The molecule has 2 rings (SSSR count). The fraction of sp³-hybridized carbons (Fsp3) is 0.385. The number of hydrogen-bond donors (Lipinski definition) is 3. The number of benzene rings is 1. The number of carboxylic acid groups (broad SMARTS) is 1. The van der Waals surface area contributed by atoms with E-state index in [1.165, 1.54) is 24.3 Å². The van der Waals surface area contributed by atoms with E-state index in [0.29, 0.717) is 18.5 Å². The number of hydrogen-bond acceptors (Lipinski definition) is 4. The molecule has 1 aromatic rings. The summed E-state index contributed by atoms with van der Waals surface area (Å²) in [5.41, 5.74) is 0.565. The summed E-state index contributed by atoms with van der Waals surface area (Å²) < 4.78 is 22.9. The number of carbonyl (C=O) groups excluding carboxylic acids is 1. The lowest BCUT2D eigenvalue weighted by Gasteiger charge is -2.23. The zero-order valence-electron chi connectivity index (χ0n) is 11.2. The molecule has 1 aliphatic rings. The van der Waals surface area contributed by atoms with Crippen molar-refractivity contribution in [1.29, 1.82) is 0 Å². The number of amides is 2. The first-order valence-corrected chi connectivity index (χ1v) is 8.29. The van der Waals surface area contributed by atoms with Gasteiger partial charge in [-0.2, -0.15) is 0 Å². The van der Waals surface area contributed by atoms with E-state index in [0.717, 1.165) is 0 Å². The topological polar surface area (TPSA) is 113 Å². The highest BCUT2D eigenvalue weighted by molar-refractivity contribution is 7.91. The molecule has 1 saturated heterocycles. The molecule has 1 aliphatic heterocycles. The number of carboxylic acids is 1. The highest BCUT2D eigenvalue weighted by Gasteiger charge is 2.25. The Labute approximate surface area is 122 Å². The van der Waals surface area contributed by atoms with Gasteiger partial charge in [-0.1, -0.05) is 0 Å². The van der Waals surface area contributed by atoms with Gasteiger partial charge >= 0.3 is 12.0 Å². The standard InChI is InChI=1S/C13H16N2O5S/c16-12(17)9-3-5-10(6-4-9)14-13(18)15-11-2-1-7-21(19,20)8-11/h3-6,11H,1-2,7-8H2,(H,16,17)(H2,14,15,18). The van der Waals surface area contributed by atoms with Crippen LogP contribution < -0.4 is 10.6 Å². The van der Waals surface area contributed by atoms with Crippen LogP contribution in [0.4, 0.5) is 10.5 Å². The van der Waals surface area contributed by atoms with Gasteiger partial charge in [0.1, 0.15) is 0 Å². The molecule has 114 valence electrons. The predicted octanol–water partition coefficient (Wildman–Crippen LogP) is 1.08. The molecule has 0 saturated carbocycles. The van der Waals surface area contributed by atoms with Gasteiger partial charge in [-0.3, -0.25) is 0 Å². The summed E-state index contributed by atoms with van der Waals surface area (Å²) in [6.07, 6.45) is 1.17. The lowest BCUT2D eigenvalue weighted by molar-refractivity contribution is 0.0697. The third-order valence-corrected chi connectivity index (χ3v) is 5.01. The van der Waals surface area contributed by atoms with E-state index in [1.54, 1.807) is 0 Å². The molecule has 1 fully saturated rings. The van der Waals surface area contributed by atoms with Gasteiger partial charge in [-0.25, -0.2) is 18.0 Å². The SMILES string of the molecule is O=C(Nc1ccc(C(=O)O)cc1)NC1CCCS(=O)(=O)C1. The molecule has 21 heavy (non-hydrogen) atoms. The molecule has 0 bridgehead atoms. The third kappa shape index (κ3) is 4.45. The Bertz CT molecular complexity index is 639. The average molecular weight is 312 g/mol. The molecule has 1 aromatic carbocycles. The number of rotatable bonds is 3. The molecule has 1 heterocycles. The molecule has 0 radical (unpaired) electrons. The van der Waals surface area contributed by atoms with Gasteiger partial charge in [0.05, 0.1) is 17.1 Å². The van der Waals surface area contributed by atoms with Crippen molar-refractivity contribution in [2.75, 3.05) is 16.8 Å². The first kappa shape index (κ1) is 15.3. The summed E-state index contributed by atoms with van der Waals surface area (Å²) in [7, 11) is -3.07. The van der Waals surface area contributed by atoms with E-state index in [-0.39, 0.29) is 23.1 Å². The van der Waals surface area contributed by atoms with Gasteiger partial charge < -0.3 is 15.7 Å². The zero-order chi connectivity index (χ0) is 15.5. The van der Waals surface area contributed by atoms with Crippen LogP contribution in [-0.2, 0) is 9.84 Å². The van der Waals surface area contributed by atoms with Crippen molar-refractivity contribution in [2.45, 2.75) is 18.9 Å². The minimum atomic E-state index is -3.07. The maximum atomic E-state index is 11.8. The van der Waals surface area contributed by atoms with Crippen molar-refractivity contribution in [3.05, 3.63) is 29.8 Å². The molecular weight excluding hydrogens is 296 g/mol. The number of urea groups is 1. The van der Waals surface area contributed by atoms with Crippen LogP contribution in [0.2, 0.25) is 0 Å². The van der Waals surface area contributed by atoms with Crippen LogP contribution in [0.25, 0.3) is 0 Å². The van der Waals surface area contributed by atoms with Gasteiger partial charge in [0.25, 0.3) is 0 Å². The van der Waals surface area contributed by atoms with E-state index < -0.39 is 21.8 Å². The van der Waals surface area contributed by atoms with Crippen LogP contribution in [0, 0.1) is 0 Å². The first-order valence-electron chi connectivity index (χ1n) is 6.47. The number of sulfone groups is 1. The second kappa shape index (κ2) is 6.13. The normalized spacial score (nSPS) is 20.5. The molecule has 0 aromatic heterocycles. The minimum Gasteiger partial charge on any atom is -0.478 e. The summed E-state index contributed by atoms with van der Waals surface area (Å²) >= 11 is 0. The summed E-state index contributed by atoms with van der Waals surface area (Å²) in [5, 5.41) is 13.9. The Hall–Kier alpha value is -2.09. The molecule has 1 unspecified atom stereocenters. The molecule has 2 amide bonds. The lowest BCUT2D eigenvalue weighted by atomic mass is 10.2. The van der Waals surface area contributed by atoms with Crippen molar-refractivity contribution < 1.29 is 23.1 Å². The van der Waals surface area contributed by atoms with Gasteiger partial charge in [0.15, 0.2) is 9.84 Å². The van der Waals surface area contributed by atoms with Crippen LogP contribution in [0.3, 0.4) is 0 Å². The smallest absolute Gasteiger partial charge is 0.335 e. The lowest BCUT2D eigenvalue weighted by Crippen LogP contribution is -2.44. The largest absolute Gasteiger partial charge is 0.478 e. The van der Waals surface area contributed by atoms with E-state index in [4.69, 9.17) is 5.11 Å². The number of carbonyl (C=O) groups is 2. The minimum absolute atomic E-state index is 0.0433. The Morgan fingerprint density at radius 1 is 1.19 bits per heavy atom. The molecule has 1 atom stereocenters. The molecule has 0 spiro atoms. The average Bonchev–Trinajstić information content (AvgIpc) is 2.37. The van der Waals surface area contributed by atoms with E-state index in [2.05, 4.69) is 10.6 Å². The van der Waals surface area contributed by atoms with E-state index in [1.807, 2.05) is 0 Å². The van der Waals surface area contributed by atoms with Crippen molar-refractivity contribution in [3.8, 4) is 0 Å². The van der Waals surface area contributed by atoms with Gasteiger partial charge in [0, 0.05) is 11.7 Å². The highest BCUT2D eigenvalue weighted by Crippen LogP contribution is 2.13. The maximum absolute atomic E-state index is 11.8. The van der Waals surface area contributed by atoms with E-state index in [9.17, 15) is 18.0 Å².